The van der Waals surface area contributed by atoms with Gasteiger partial charge in [0.1, 0.15) is 17.2 Å². The molecule has 0 atom stereocenters. The van der Waals surface area contributed by atoms with E-state index in [1.807, 2.05) is 85.5 Å². The van der Waals surface area contributed by atoms with E-state index in [-0.39, 0.29) is 0 Å². The highest BCUT2D eigenvalue weighted by atomic mass is 32.1. The minimum Gasteiger partial charge on any atom is -0.456 e. The van der Waals surface area contributed by atoms with Crippen LogP contribution in [0.1, 0.15) is 5.56 Å². The number of benzene rings is 9. The van der Waals surface area contributed by atoms with Crippen molar-refractivity contribution in [2.75, 3.05) is 0 Å². The third-order valence-corrected chi connectivity index (χ3v) is 15.3. The number of fused-ring (bicyclic) bond motifs is 14. The van der Waals surface area contributed by atoms with Crippen LogP contribution >= 0.6 is 11.3 Å². The van der Waals surface area contributed by atoms with Crippen LogP contribution in [-0.2, 0) is 0 Å². The van der Waals surface area contributed by atoms with E-state index in [2.05, 4.69) is 117 Å². The number of hydrogen-bond donors (Lipinski definition) is 0. The highest BCUT2D eigenvalue weighted by molar-refractivity contribution is 7.26. The SMILES string of the molecule is [C-]#[N+]c1c(-c2ccccc2)c(C#N)c(-n2c3ccc4oc5ccccc5c4c3c3ccc4c5ccccc5sc4c32)c(-c2ccccc2)c1-n1c2cncc3c4ccccc4c4cncc1c4c32. The highest BCUT2D eigenvalue weighted by Gasteiger charge is 2.33. The van der Waals surface area contributed by atoms with Gasteiger partial charge in [-0.05, 0) is 46.2 Å². The van der Waals surface area contributed by atoms with Crippen molar-refractivity contribution < 1.29 is 4.42 Å². The van der Waals surface area contributed by atoms with E-state index in [4.69, 9.17) is 14.4 Å². The monoisotopic (exact) mass is 882 g/mol. The van der Waals surface area contributed by atoms with Crippen molar-refractivity contribution in [1.29, 1.82) is 5.26 Å². The number of furan rings is 1. The molecule has 6 aromatic heterocycles. The Morgan fingerprint density at radius 3 is 1.75 bits per heavy atom. The van der Waals surface area contributed by atoms with Crippen LogP contribution in [0, 0.1) is 17.9 Å². The Bertz CT molecular complexity index is 4670. The quantitative estimate of drug-likeness (QED) is 0.130. The summed E-state index contributed by atoms with van der Waals surface area (Å²) < 4.78 is 13.4. The molecular weight excluding hydrogens is 853 g/mol. The number of aromatic nitrogens is 4. The molecule has 0 fully saturated rings. The van der Waals surface area contributed by atoms with Gasteiger partial charge in [-0.2, -0.15) is 5.26 Å². The van der Waals surface area contributed by atoms with Gasteiger partial charge in [0.15, 0.2) is 0 Å². The van der Waals surface area contributed by atoms with Gasteiger partial charge < -0.3 is 13.6 Å². The average Bonchev–Trinajstić information content (AvgIpc) is 4.16. The maximum Gasteiger partial charge on any atom is 0.220 e. The third kappa shape index (κ3) is 4.68. The topological polar surface area (TPSA) is 76.9 Å². The molecule has 9 aromatic carbocycles. The van der Waals surface area contributed by atoms with Crippen molar-refractivity contribution in [2.45, 2.75) is 0 Å². The molecule has 0 spiro atoms. The highest BCUT2D eigenvalue weighted by Crippen LogP contribution is 2.55. The number of rotatable bonds is 4. The Morgan fingerprint density at radius 2 is 1.07 bits per heavy atom. The zero-order valence-corrected chi connectivity index (χ0v) is 36.6. The van der Waals surface area contributed by atoms with Crippen LogP contribution in [0.2, 0.25) is 0 Å². The van der Waals surface area contributed by atoms with Gasteiger partial charge in [-0.3, -0.25) is 9.97 Å². The van der Waals surface area contributed by atoms with E-state index in [9.17, 15) is 11.8 Å². The fourth-order valence-corrected chi connectivity index (χ4v) is 12.7. The van der Waals surface area contributed by atoms with Crippen molar-refractivity contribution in [2.24, 2.45) is 0 Å². The standard InChI is InChI=1S/C60H30N6OS/c1-62-56-50(33-14-4-2-5-15-33)41(28-61)57(51(34-16-6-3-7-17-34)59(56)65-45-31-63-29-42-35-18-8-9-19-36(35)43-30-64-32-46(65)54(43)53(42)45)66-44-26-27-48-55(39-21-10-12-22-47(39)67-48)52(44)40-25-24-38-37-20-11-13-23-49(37)68-60(38)58(40)66/h2-27,29-32H. The number of nitrogens with zero attached hydrogens (tertiary/aromatic N) is 6. The lowest BCUT2D eigenvalue weighted by atomic mass is 9.88. The average molecular weight is 883 g/mol. The first kappa shape index (κ1) is 36.9. The van der Waals surface area contributed by atoms with Gasteiger partial charge in [0.2, 0.25) is 5.69 Å². The molecule has 0 radical (unpaired) electrons. The zero-order valence-electron chi connectivity index (χ0n) is 35.8. The Hall–Kier alpha value is -9.34. The van der Waals surface area contributed by atoms with Gasteiger partial charge in [0, 0.05) is 82.1 Å². The molecule has 68 heavy (non-hydrogen) atoms. The summed E-state index contributed by atoms with van der Waals surface area (Å²) in [7, 11) is 0. The number of pyridine rings is 2. The minimum absolute atomic E-state index is 0.359. The second kappa shape index (κ2) is 13.6. The second-order valence-corrected chi connectivity index (χ2v) is 18.4. The lowest BCUT2D eigenvalue weighted by molar-refractivity contribution is 0.669. The Kier molecular flexibility index (Phi) is 7.39. The number of hydrogen-bond acceptors (Lipinski definition) is 5. The minimum atomic E-state index is 0.359. The Balaban J connectivity index is 1.25. The molecule has 15 aromatic rings. The van der Waals surface area contributed by atoms with Crippen LogP contribution in [0.4, 0.5) is 5.69 Å². The summed E-state index contributed by atoms with van der Waals surface area (Å²) in [6.07, 6.45) is 7.75. The molecule has 8 heteroatoms. The molecule has 0 saturated heterocycles. The number of thiophene rings is 1. The summed E-state index contributed by atoms with van der Waals surface area (Å²) in [6, 6.07) is 56.9. The lowest BCUT2D eigenvalue weighted by Crippen LogP contribution is -2.09. The predicted molar refractivity (Wildman–Crippen MR) is 279 cm³/mol. The third-order valence-electron chi connectivity index (χ3n) is 14.1. The first-order chi connectivity index (χ1) is 33.7. The van der Waals surface area contributed by atoms with E-state index in [1.165, 1.54) is 10.1 Å². The summed E-state index contributed by atoms with van der Waals surface area (Å²) in [4.78, 5) is 14.4. The van der Waals surface area contributed by atoms with Crippen LogP contribution < -0.4 is 0 Å². The van der Waals surface area contributed by atoms with Gasteiger partial charge in [-0.25, -0.2) is 4.85 Å². The predicted octanol–water partition coefficient (Wildman–Crippen LogP) is 16.4. The molecule has 0 amide bonds. The van der Waals surface area contributed by atoms with E-state index >= 15 is 0 Å². The van der Waals surface area contributed by atoms with E-state index in [1.54, 1.807) is 11.3 Å². The summed E-state index contributed by atoms with van der Waals surface area (Å²) in [5, 5.41) is 24.8. The van der Waals surface area contributed by atoms with Crippen LogP contribution in [0.15, 0.2) is 187 Å². The van der Waals surface area contributed by atoms with E-state index in [0.29, 0.717) is 28.2 Å². The van der Waals surface area contributed by atoms with E-state index < -0.39 is 0 Å². The second-order valence-electron chi connectivity index (χ2n) is 17.4. The molecule has 0 aliphatic heterocycles. The largest absolute Gasteiger partial charge is 0.456 e. The molecule has 7 nitrogen and oxygen atoms in total. The molecule has 0 unspecified atom stereocenters. The molecule has 0 N–H and O–H groups in total. The molecule has 0 saturated carbocycles. The van der Waals surface area contributed by atoms with Crippen molar-refractivity contribution in [3.8, 4) is 39.7 Å². The molecule has 312 valence electrons. The summed E-state index contributed by atoms with van der Waals surface area (Å²) in [5.74, 6) is 0. The smallest absolute Gasteiger partial charge is 0.220 e. The Morgan fingerprint density at radius 1 is 0.485 bits per heavy atom. The molecule has 6 heterocycles. The number of nitriles is 1. The lowest BCUT2D eigenvalue weighted by Gasteiger charge is -2.25. The molecule has 15 rings (SSSR count). The van der Waals surface area contributed by atoms with Gasteiger partial charge in [0.05, 0.1) is 62.7 Å². The van der Waals surface area contributed by atoms with Crippen molar-refractivity contribution in [1.82, 2.24) is 19.1 Å². The maximum absolute atomic E-state index is 12.0. The zero-order chi connectivity index (χ0) is 44.8. The molecular formula is C60H30N6OS. The Labute approximate surface area is 390 Å². The van der Waals surface area contributed by atoms with Gasteiger partial charge in [0.25, 0.3) is 0 Å². The van der Waals surface area contributed by atoms with Crippen molar-refractivity contribution in [3.63, 3.8) is 0 Å². The summed E-state index contributed by atoms with van der Waals surface area (Å²) in [5.41, 5.74) is 10.2. The fraction of sp³-hybridized carbons (Fsp3) is 0. The normalized spacial score (nSPS) is 12.1. The van der Waals surface area contributed by atoms with Crippen LogP contribution in [0.3, 0.4) is 0 Å². The van der Waals surface area contributed by atoms with Crippen LogP contribution in [0.25, 0.3) is 146 Å². The molecule has 0 bridgehead atoms. The molecule has 0 aliphatic rings. The van der Waals surface area contributed by atoms with Crippen molar-refractivity contribution >= 4 is 124 Å². The van der Waals surface area contributed by atoms with Gasteiger partial charge in [-0.15, -0.1) is 11.3 Å². The van der Waals surface area contributed by atoms with Crippen LogP contribution in [0.5, 0.6) is 0 Å². The van der Waals surface area contributed by atoms with Crippen LogP contribution in [-0.4, -0.2) is 19.1 Å². The first-order valence-corrected chi connectivity index (χ1v) is 23.2. The summed E-state index contributed by atoms with van der Waals surface area (Å²) in [6.45, 7) is 9.31. The van der Waals surface area contributed by atoms with Crippen molar-refractivity contribution in [3.05, 3.63) is 199 Å². The maximum atomic E-state index is 12.0. The fourth-order valence-electron chi connectivity index (χ4n) is 11.4. The van der Waals surface area contributed by atoms with Gasteiger partial charge in [-0.1, -0.05) is 133 Å². The first-order valence-electron chi connectivity index (χ1n) is 22.4. The number of para-hydroxylation sites is 1. The molecule has 0 aliphatic carbocycles. The summed E-state index contributed by atoms with van der Waals surface area (Å²) >= 11 is 1.76. The van der Waals surface area contributed by atoms with Gasteiger partial charge >= 0.3 is 0 Å². The van der Waals surface area contributed by atoms with E-state index in [0.717, 1.165) is 114 Å².